The molecule has 0 aliphatic rings. The number of aliphatic imine (C=N–C) groups is 1. The number of hydrogen-bond donors (Lipinski definition) is 3. The lowest BCUT2D eigenvalue weighted by Crippen LogP contribution is -2.41. The third-order valence-electron chi connectivity index (χ3n) is 2.27. The minimum absolute atomic E-state index is 0. The normalized spacial score (nSPS) is 10.1. The minimum Gasteiger partial charge on any atom is -0.357 e. The van der Waals surface area contributed by atoms with Gasteiger partial charge in [-0.15, -0.1) is 24.0 Å². The lowest BCUT2D eigenvalue weighted by Gasteiger charge is -2.21. The second-order valence-corrected chi connectivity index (χ2v) is 4.47. The van der Waals surface area contributed by atoms with Gasteiger partial charge >= 0.3 is 0 Å². The molecule has 0 radical (unpaired) electrons. The molecule has 0 saturated heterocycles. The van der Waals surface area contributed by atoms with Gasteiger partial charge < -0.3 is 16.0 Å². The Balaban J connectivity index is 0. The van der Waals surface area contributed by atoms with Crippen LogP contribution >= 0.6 is 24.0 Å². The number of halogens is 1. The molecule has 0 aromatic carbocycles. The average molecular weight is 370 g/mol. The molecule has 0 fully saturated rings. The summed E-state index contributed by atoms with van der Waals surface area (Å²) in [6.45, 7) is 12.5. The molecule has 0 atom stereocenters. The summed E-state index contributed by atoms with van der Waals surface area (Å²) in [5.74, 6) is 0.795. The highest BCUT2D eigenvalue weighted by molar-refractivity contribution is 14.0. The van der Waals surface area contributed by atoms with E-state index in [1.807, 2.05) is 34.6 Å². The molecule has 0 aliphatic carbocycles. The molecular weight excluding hydrogens is 343 g/mol. The number of nitrogens with zero attached hydrogens (tertiary/aromatic N) is 1. The SMILES string of the molecule is CCNC(=O)C(C)(C)CN=C(NCC)NCC.I. The van der Waals surface area contributed by atoms with Crippen molar-refractivity contribution in [3.8, 4) is 0 Å². The van der Waals surface area contributed by atoms with E-state index in [1.54, 1.807) is 0 Å². The Hall–Kier alpha value is -0.530. The molecule has 0 heterocycles. The summed E-state index contributed by atoms with van der Waals surface area (Å²) in [5, 5.41) is 9.09. The molecule has 0 unspecified atom stereocenters. The maximum atomic E-state index is 11.8. The third-order valence-corrected chi connectivity index (χ3v) is 2.27. The van der Waals surface area contributed by atoms with Crippen LogP contribution in [0, 0.1) is 5.41 Å². The molecule has 0 spiro atoms. The first-order valence-corrected chi connectivity index (χ1v) is 6.28. The quantitative estimate of drug-likeness (QED) is 0.376. The molecule has 108 valence electrons. The number of nitrogens with one attached hydrogen (secondary N) is 3. The van der Waals surface area contributed by atoms with Crippen LogP contribution in [0.15, 0.2) is 4.99 Å². The van der Waals surface area contributed by atoms with E-state index < -0.39 is 5.41 Å². The number of rotatable bonds is 6. The Morgan fingerprint density at radius 3 is 1.83 bits per heavy atom. The zero-order valence-electron chi connectivity index (χ0n) is 12.1. The van der Waals surface area contributed by atoms with Crippen molar-refractivity contribution in [3.63, 3.8) is 0 Å². The van der Waals surface area contributed by atoms with Gasteiger partial charge in [0, 0.05) is 19.6 Å². The molecule has 0 saturated carbocycles. The first kappa shape index (κ1) is 19.8. The fraction of sp³-hybridized carbons (Fsp3) is 0.833. The van der Waals surface area contributed by atoms with Gasteiger partial charge in [-0.25, -0.2) is 0 Å². The van der Waals surface area contributed by atoms with E-state index in [0.29, 0.717) is 13.1 Å². The molecule has 0 aromatic heterocycles. The standard InChI is InChI=1S/C12H26N4O.HI/c1-6-13-10(17)12(4,5)9-16-11(14-7-2)15-8-3;/h6-9H2,1-5H3,(H,13,17)(H2,14,15,16);1H. The van der Waals surface area contributed by atoms with Gasteiger partial charge in [0.05, 0.1) is 12.0 Å². The van der Waals surface area contributed by atoms with Crippen molar-refractivity contribution >= 4 is 35.8 Å². The number of carbonyl (C=O) groups is 1. The molecule has 0 aliphatic heterocycles. The Morgan fingerprint density at radius 2 is 1.44 bits per heavy atom. The van der Waals surface area contributed by atoms with Crippen LogP contribution in [0.3, 0.4) is 0 Å². The van der Waals surface area contributed by atoms with E-state index in [1.165, 1.54) is 0 Å². The van der Waals surface area contributed by atoms with Crippen LogP contribution < -0.4 is 16.0 Å². The van der Waals surface area contributed by atoms with Crippen molar-refractivity contribution in [2.45, 2.75) is 34.6 Å². The summed E-state index contributed by atoms with van der Waals surface area (Å²) in [7, 11) is 0. The zero-order valence-corrected chi connectivity index (χ0v) is 14.4. The van der Waals surface area contributed by atoms with Gasteiger partial charge in [0.1, 0.15) is 0 Å². The predicted molar refractivity (Wildman–Crippen MR) is 87.5 cm³/mol. The van der Waals surface area contributed by atoms with Crippen molar-refractivity contribution in [2.75, 3.05) is 26.2 Å². The molecule has 5 nitrogen and oxygen atoms in total. The second kappa shape index (κ2) is 10.4. The summed E-state index contributed by atoms with van der Waals surface area (Å²) in [4.78, 5) is 16.2. The highest BCUT2D eigenvalue weighted by Gasteiger charge is 2.26. The molecule has 3 N–H and O–H groups in total. The van der Waals surface area contributed by atoms with Crippen LogP contribution in [0.5, 0.6) is 0 Å². The maximum absolute atomic E-state index is 11.8. The maximum Gasteiger partial charge on any atom is 0.227 e. The van der Waals surface area contributed by atoms with E-state index in [-0.39, 0.29) is 29.9 Å². The highest BCUT2D eigenvalue weighted by atomic mass is 127. The third kappa shape index (κ3) is 7.73. The Labute approximate surface area is 128 Å². The molecule has 6 heteroatoms. The van der Waals surface area contributed by atoms with E-state index in [9.17, 15) is 4.79 Å². The van der Waals surface area contributed by atoms with Gasteiger partial charge in [0.2, 0.25) is 5.91 Å². The molecule has 0 rings (SSSR count). The summed E-state index contributed by atoms with van der Waals surface area (Å²) in [6, 6.07) is 0. The second-order valence-electron chi connectivity index (χ2n) is 4.47. The van der Waals surface area contributed by atoms with Crippen molar-refractivity contribution in [1.29, 1.82) is 0 Å². The van der Waals surface area contributed by atoms with Gasteiger partial charge in [-0.3, -0.25) is 9.79 Å². The van der Waals surface area contributed by atoms with Gasteiger partial charge in [-0.2, -0.15) is 0 Å². The van der Waals surface area contributed by atoms with Crippen LogP contribution in [0.25, 0.3) is 0 Å². The van der Waals surface area contributed by atoms with E-state index in [0.717, 1.165) is 19.0 Å². The van der Waals surface area contributed by atoms with Gasteiger partial charge in [-0.05, 0) is 34.6 Å². The van der Waals surface area contributed by atoms with Crippen LogP contribution in [0.4, 0.5) is 0 Å². The van der Waals surface area contributed by atoms with Crippen molar-refractivity contribution in [3.05, 3.63) is 0 Å². The fourth-order valence-corrected chi connectivity index (χ4v) is 1.26. The first-order chi connectivity index (χ1) is 7.97. The fourth-order valence-electron chi connectivity index (χ4n) is 1.26. The molecular formula is C12H27IN4O. The van der Waals surface area contributed by atoms with E-state index >= 15 is 0 Å². The van der Waals surface area contributed by atoms with Crippen molar-refractivity contribution in [2.24, 2.45) is 10.4 Å². The zero-order chi connectivity index (χ0) is 13.3. The van der Waals surface area contributed by atoms with Crippen LogP contribution in [0.2, 0.25) is 0 Å². The average Bonchev–Trinajstić information content (AvgIpc) is 2.27. The monoisotopic (exact) mass is 370 g/mol. The summed E-state index contributed by atoms with van der Waals surface area (Å²) in [6.07, 6.45) is 0. The van der Waals surface area contributed by atoms with Crippen molar-refractivity contribution < 1.29 is 4.79 Å². The van der Waals surface area contributed by atoms with E-state index in [2.05, 4.69) is 20.9 Å². The number of carbonyl (C=O) groups excluding carboxylic acids is 1. The van der Waals surface area contributed by atoms with Crippen LogP contribution in [-0.4, -0.2) is 38.0 Å². The summed E-state index contributed by atoms with van der Waals surface area (Å²) >= 11 is 0. The highest BCUT2D eigenvalue weighted by Crippen LogP contribution is 2.15. The molecule has 0 bridgehead atoms. The van der Waals surface area contributed by atoms with Gasteiger partial charge in [-0.1, -0.05) is 0 Å². The van der Waals surface area contributed by atoms with Crippen LogP contribution in [-0.2, 0) is 4.79 Å². The minimum atomic E-state index is -0.480. The lowest BCUT2D eigenvalue weighted by molar-refractivity contribution is -0.128. The smallest absolute Gasteiger partial charge is 0.227 e. The molecule has 1 amide bonds. The summed E-state index contributed by atoms with van der Waals surface area (Å²) < 4.78 is 0. The first-order valence-electron chi connectivity index (χ1n) is 6.28. The molecule has 18 heavy (non-hydrogen) atoms. The number of amides is 1. The van der Waals surface area contributed by atoms with Gasteiger partial charge in [0.25, 0.3) is 0 Å². The van der Waals surface area contributed by atoms with Crippen molar-refractivity contribution in [1.82, 2.24) is 16.0 Å². The van der Waals surface area contributed by atoms with Gasteiger partial charge in [0.15, 0.2) is 5.96 Å². The predicted octanol–water partition coefficient (Wildman–Crippen LogP) is 1.34. The largest absolute Gasteiger partial charge is 0.357 e. The van der Waals surface area contributed by atoms with Crippen LogP contribution in [0.1, 0.15) is 34.6 Å². The Bertz CT molecular complexity index is 259. The Morgan fingerprint density at radius 1 is 1.00 bits per heavy atom. The van der Waals surface area contributed by atoms with E-state index in [4.69, 9.17) is 0 Å². The lowest BCUT2D eigenvalue weighted by atomic mass is 9.92. The summed E-state index contributed by atoms with van der Waals surface area (Å²) in [5.41, 5.74) is -0.480. The molecule has 0 aromatic rings. The number of guanidine groups is 1. The number of hydrogen-bond acceptors (Lipinski definition) is 2. The Kier molecular flexibility index (Phi) is 11.4. The topological polar surface area (TPSA) is 65.5 Å².